The Hall–Kier alpha value is 1.69. The van der Waals surface area contributed by atoms with E-state index in [-0.39, 0.29) is 61.8 Å². The van der Waals surface area contributed by atoms with Gasteiger partial charge in [0.1, 0.15) is 0 Å². The van der Waals surface area contributed by atoms with E-state index in [0.717, 1.165) is 0 Å². The molecule has 0 saturated carbocycles. The maximum absolute atomic E-state index is 0. The molecular weight excluding hydrogens is 313 g/mol. The number of rotatable bonds is 0. The number of hydrogen-bond acceptors (Lipinski definition) is 0. The van der Waals surface area contributed by atoms with Crippen LogP contribution in [-0.4, -0.2) is 0 Å². The Morgan fingerprint density at radius 3 is 1.00 bits per heavy atom. The molecule has 0 spiro atoms. The molecule has 0 heterocycles. The van der Waals surface area contributed by atoms with Crippen LogP contribution in [0.1, 0.15) is 7.43 Å². The normalized spacial score (nSPS) is 0. The smallest absolute Gasteiger partial charge is 0 e. The first-order chi connectivity index (χ1) is 0. The zero-order valence-corrected chi connectivity index (χ0v) is 6.02. The van der Waals surface area contributed by atoms with Crippen LogP contribution in [0.4, 0.5) is 0 Å². The van der Waals surface area contributed by atoms with Crippen molar-refractivity contribution in [3.63, 3.8) is 0 Å². The SMILES string of the molecule is C.[Co].[Ni].[W]. The van der Waals surface area contributed by atoms with Crippen molar-refractivity contribution in [3.8, 4) is 0 Å². The zero-order chi connectivity index (χ0) is 0. The van der Waals surface area contributed by atoms with Crippen molar-refractivity contribution in [3.05, 3.63) is 0 Å². The van der Waals surface area contributed by atoms with Gasteiger partial charge in [-0.15, -0.1) is 0 Å². The van der Waals surface area contributed by atoms with Crippen LogP contribution in [-0.2, 0) is 54.3 Å². The average molecular weight is 318 g/mol. The van der Waals surface area contributed by atoms with Gasteiger partial charge < -0.3 is 0 Å². The second-order valence-electron chi connectivity index (χ2n) is 0. The third kappa shape index (κ3) is 9.35. The summed E-state index contributed by atoms with van der Waals surface area (Å²) in [5, 5.41) is 0. The van der Waals surface area contributed by atoms with Gasteiger partial charge in [0.2, 0.25) is 0 Å². The summed E-state index contributed by atoms with van der Waals surface area (Å²) in [7, 11) is 0. The van der Waals surface area contributed by atoms with Crippen LogP contribution in [0.15, 0.2) is 0 Å². The first-order valence-corrected chi connectivity index (χ1v) is 0. The van der Waals surface area contributed by atoms with Crippen molar-refractivity contribution < 1.29 is 54.3 Å². The molecule has 0 aromatic rings. The van der Waals surface area contributed by atoms with E-state index in [0.29, 0.717) is 0 Å². The van der Waals surface area contributed by atoms with Gasteiger partial charge in [-0.2, -0.15) is 0 Å². The molecule has 4 heavy (non-hydrogen) atoms. The van der Waals surface area contributed by atoms with Gasteiger partial charge in [-0.05, 0) is 0 Å². The third-order valence-corrected chi connectivity index (χ3v) is 0. The molecule has 0 bridgehead atoms. The Morgan fingerprint density at radius 2 is 1.00 bits per heavy atom. The van der Waals surface area contributed by atoms with Gasteiger partial charge in [-0.3, -0.25) is 0 Å². The van der Waals surface area contributed by atoms with Crippen LogP contribution < -0.4 is 0 Å². The molecular formula is CH4CoNiW. The molecule has 0 saturated heterocycles. The van der Waals surface area contributed by atoms with E-state index in [2.05, 4.69) is 0 Å². The van der Waals surface area contributed by atoms with E-state index in [1.54, 1.807) is 0 Å². The third-order valence-electron chi connectivity index (χ3n) is 0. The van der Waals surface area contributed by atoms with Crippen molar-refractivity contribution in [2.45, 2.75) is 7.43 Å². The van der Waals surface area contributed by atoms with Crippen LogP contribution >= 0.6 is 0 Å². The summed E-state index contributed by atoms with van der Waals surface area (Å²) in [6.45, 7) is 0. The van der Waals surface area contributed by atoms with Gasteiger partial charge in [0.05, 0.1) is 0 Å². The Labute approximate surface area is 61.5 Å². The molecule has 0 unspecified atom stereocenters. The largest absolute Gasteiger partial charge is 0.0776 e. The van der Waals surface area contributed by atoms with Crippen molar-refractivity contribution in [1.29, 1.82) is 0 Å². The first-order valence-electron chi connectivity index (χ1n) is 0. The van der Waals surface area contributed by atoms with E-state index in [9.17, 15) is 0 Å². The Bertz CT molecular complexity index is 8.00. The molecule has 33 valence electrons. The average Bonchev–Trinajstić information content (AvgIpc) is 0. The van der Waals surface area contributed by atoms with Gasteiger partial charge in [-0.1, -0.05) is 7.43 Å². The molecule has 0 aliphatic heterocycles. The molecule has 0 fully saturated rings. The van der Waals surface area contributed by atoms with Crippen LogP contribution in [0.25, 0.3) is 0 Å². The summed E-state index contributed by atoms with van der Waals surface area (Å²) in [4.78, 5) is 0. The molecule has 0 atom stereocenters. The van der Waals surface area contributed by atoms with Crippen molar-refractivity contribution in [2.75, 3.05) is 0 Å². The fraction of sp³-hybridized carbons (Fsp3) is 1.00. The molecule has 3 heteroatoms. The maximum Gasteiger partial charge on any atom is 0 e. The maximum atomic E-state index is 0. The molecule has 0 aromatic heterocycles. The summed E-state index contributed by atoms with van der Waals surface area (Å²) in [5.41, 5.74) is 0. The van der Waals surface area contributed by atoms with Crippen LogP contribution in [0.2, 0.25) is 0 Å². The second-order valence-corrected chi connectivity index (χ2v) is 0. The predicted molar refractivity (Wildman–Crippen MR) is 6.73 cm³/mol. The summed E-state index contributed by atoms with van der Waals surface area (Å²) in [6, 6.07) is 0. The standard InChI is InChI=1S/CH4.Co.Ni.W/h1H4;;;. The fourth-order valence-electron chi connectivity index (χ4n) is 0. The van der Waals surface area contributed by atoms with E-state index < -0.39 is 0 Å². The van der Waals surface area contributed by atoms with E-state index in [4.69, 9.17) is 0 Å². The summed E-state index contributed by atoms with van der Waals surface area (Å²) in [5.74, 6) is 0. The van der Waals surface area contributed by atoms with E-state index in [1.165, 1.54) is 0 Å². The van der Waals surface area contributed by atoms with Crippen molar-refractivity contribution in [1.82, 2.24) is 0 Å². The van der Waals surface area contributed by atoms with Gasteiger partial charge in [-0.25, -0.2) is 0 Å². The minimum absolute atomic E-state index is 0. The van der Waals surface area contributed by atoms with E-state index >= 15 is 0 Å². The Morgan fingerprint density at radius 1 is 1.00 bits per heavy atom. The monoisotopic (exact) mass is 317 g/mol. The topological polar surface area (TPSA) is 0 Å². The van der Waals surface area contributed by atoms with Gasteiger partial charge >= 0.3 is 0 Å². The predicted octanol–water partition coefficient (Wildman–Crippen LogP) is 0.629. The summed E-state index contributed by atoms with van der Waals surface area (Å²) < 4.78 is 0. The van der Waals surface area contributed by atoms with Crippen molar-refractivity contribution >= 4 is 0 Å². The molecule has 0 nitrogen and oxygen atoms in total. The molecule has 0 aliphatic rings. The summed E-state index contributed by atoms with van der Waals surface area (Å²) in [6.07, 6.45) is 0. The molecule has 0 aliphatic carbocycles. The molecule has 0 rings (SSSR count). The van der Waals surface area contributed by atoms with Crippen LogP contribution in [0.3, 0.4) is 0 Å². The number of hydrogen-bond donors (Lipinski definition) is 0. The van der Waals surface area contributed by atoms with Gasteiger partial charge in [0.25, 0.3) is 0 Å². The van der Waals surface area contributed by atoms with E-state index in [1.807, 2.05) is 0 Å². The Balaban J connectivity index is 0. The fourth-order valence-corrected chi connectivity index (χ4v) is 0. The van der Waals surface area contributed by atoms with Crippen LogP contribution in [0.5, 0.6) is 0 Å². The molecule has 0 N–H and O–H groups in total. The van der Waals surface area contributed by atoms with Gasteiger partial charge in [0.15, 0.2) is 0 Å². The first kappa shape index (κ1) is 43.9. The second kappa shape index (κ2) is 22.4. The summed E-state index contributed by atoms with van der Waals surface area (Å²) >= 11 is 0. The van der Waals surface area contributed by atoms with Gasteiger partial charge in [0, 0.05) is 54.3 Å². The molecule has 0 aromatic carbocycles. The minimum Gasteiger partial charge on any atom is -0.0776 e. The minimum atomic E-state index is 0. The van der Waals surface area contributed by atoms with Crippen LogP contribution in [0, 0.1) is 0 Å². The Kier molecular flexibility index (Phi) is 245. The molecule has 1 radical (unpaired) electrons. The zero-order valence-electron chi connectivity index (χ0n) is 1.06. The quantitative estimate of drug-likeness (QED) is 0.575. The molecule has 0 amide bonds. The van der Waals surface area contributed by atoms with Crippen molar-refractivity contribution in [2.24, 2.45) is 0 Å².